The highest BCUT2D eigenvalue weighted by Gasteiger charge is 2.41. The van der Waals surface area contributed by atoms with Gasteiger partial charge in [-0.15, -0.1) is 0 Å². The summed E-state index contributed by atoms with van der Waals surface area (Å²) in [6.07, 6.45) is 2.26. The Hall–Kier alpha value is -0.173. The number of thioether (sulfide) groups is 1. The van der Waals surface area contributed by atoms with Crippen molar-refractivity contribution >= 4 is 42.5 Å². The number of carbonyl (C=O) groups excluding carboxylic acids is 1. The summed E-state index contributed by atoms with van der Waals surface area (Å²) in [6, 6.07) is 0.199. The molecule has 25 heavy (non-hydrogen) atoms. The number of allylic oxidation sites excluding steroid dienone is 1. The third-order valence-corrected chi connectivity index (χ3v) is 11.5. The van der Waals surface area contributed by atoms with Gasteiger partial charge in [0.1, 0.15) is 4.32 Å². The molecular formula is C19H35NO2S2Si. The van der Waals surface area contributed by atoms with Gasteiger partial charge in [0, 0.05) is 11.8 Å². The van der Waals surface area contributed by atoms with Gasteiger partial charge in [0.2, 0.25) is 5.91 Å². The van der Waals surface area contributed by atoms with E-state index < -0.39 is 8.32 Å². The monoisotopic (exact) mass is 401 g/mol. The molecule has 1 amide bonds. The molecule has 0 radical (unpaired) electrons. The predicted octanol–water partition coefficient (Wildman–Crippen LogP) is 5.62. The Morgan fingerprint density at radius 1 is 1.44 bits per heavy atom. The van der Waals surface area contributed by atoms with E-state index in [1.165, 1.54) is 0 Å². The van der Waals surface area contributed by atoms with E-state index in [-0.39, 0.29) is 23.1 Å². The molecular weight excluding hydrogens is 366 g/mol. The van der Waals surface area contributed by atoms with Gasteiger partial charge in [-0.05, 0) is 43.5 Å². The molecule has 0 aromatic carbocycles. The summed E-state index contributed by atoms with van der Waals surface area (Å²) in [4.78, 5) is 14.9. The fourth-order valence-corrected chi connectivity index (χ4v) is 5.48. The van der Waals surface area contributed by atoms with Crippen LogP contribution >= 0.6 is 24.0 Å². The van der Waals surface area contributed by atoms with Crippen LogP contribution in [0.2, 0.25) is 18.1 Å². The molecule has 1 saturated heterocycles. The van der Waals surface area contributed by atoms with Crippen LogP contribution in [-0.4, -0.2) is 41.3 Å². The maximum atomic E-state index is 13.1. The highest BCUT2D eigenvalue weighted by atomic mass is 32.2. The molecule has 0 aromatic rings. The lowest BCUT2D eigenvalue weighted by Crippen LogP contribution is -2.47. The number of carbonyl (C=O) groups is 1. The lowest BCUT2D eigenvalue weighted by atomic mass is 10.0. The number of thiocarbonyl (C=S) groups is 1. The molecule has 0 N–H and O–H groups in total. The van der Waals surface area contributed by atoms with Gasteiger partial charge < -0.3 is 4.43 Å². The number of amides is 1. The van der Waals surface area contributed by atoms with Crippen LogP contribution in [0.4, 0.5) is 0 Å². The lowest BCUT2D eigenvalue weighted by Gasteiger charge is -2.40. The van der Waals surface area contributed by atoms with Crippen molar-refractivity contribution in [2.24, 2.45) is 5.92 Å². The van der Waals surface area contributed by atoms with Crippen LogP contribution in [0.15, 0.2) is 11.6 Å². The van der Waals surface area contributed by atoms with E-state index in [1.807, 2.05) is 11.8 Å². The van der Waals surface area contributed by atoms with Gasteiger partial charge in [0.15, 0.2) is 8.32 Å². The molecule has 6 heteroatoms. The molecule has 3 nitrogen and oxygen atoms in total. The minimum absolute atomic E-state index is 0.0959. The number of nitrogens with zero attached hydrogens (tertiary/aromatic N) is 1. The van der Waals surface area contributed by atoms with Crippen molar-refractivity contribution in [3.63, 3.8) is 0 Å². The standard InChI is InChI=1S/C19H35NO2S2Si/c1-10-14(4)16(22-25(8,9)19(5,6)7)11-17(21)20-15(13(2)3)12-24-18(20)23/h10,13,15-16H,11-12H2,1-9H3/t15-,16-/m1/s1. The van der Waals surface area contributed by atoms with Crippen LogP contribution in [0.3, 0.4) is 0 Å². The third-order valence-electron chi connectivity index (χ3n) is 5.51. The van der Waals surface area contributed by atoms with Gasteiger partial charge in [0.05, 0.1) is 12.5 Å². The highest BCUT2D eigenvalue weighted by molar-refractivity contribution is 8.23. The maximum Gasteiger partial charge on any atom is 0.231 e. The zero-order valence-electron chi connectivity index (χ0n) is 17.3. The molecule has 0 unspecified atom stereocenters. The zero-order chi connectivity index (χ0) is 19.6. The lowest BCUT2D eigenvalue weighted by molar-refractivity contribution is -0.130. The Labute approximate surface area is 165 Å². The van der Waals surface area contributed by atoms with Crippen molar-refractivity contribution in [2.75, 3.05) is 5.75 Å². The summed E-state index contributed by atoms with van der Waals surface area (Å²) in [5, 5.41) is 0.113. The molecule has 1 rings (SSSR count). The fourth-order valence-electron chi connectivity index (χ4n) is 2.48. The second-order valence-corrected chi connectivity index (χ2v) is 15.2. The second kappa shape index (κ2) is 8.68. The van der Waals surface area contributed by atoms with Crippen molar-refractivity contribution in [1.29, 1.82) is 0 Å². The minimum atomic E-state index is -1.96. The third kappa shape index (κ3) is 5.65. The molecule has 0 aromatic heterocycles. The first-order chi connectivity index (χ1) is 11.3. The fraction of sp³-hybridized carbons (Fsp3) is 0.789. The Morgan fingerprint density at radius 3 is 2.44 bits per heavy atom. The number of hydrogen-bond acceptors (Lipinski definition) is 4. The van der Waals surface area contributed by atoms with Gasteiger partial charge in [-0.1, -0.05) is 64.7 Å². The normalized spacial score (nSPS) is 21.2. The molecule has 0 saturated carbocycles. The van der Waals surface area contributed by atoms with E-state index in [4.69, 9.17) is 16.6 Å². The smallest absolute Gasteiger partial charge is 0.231 e. The molecule has 0 spiro atoms. The summed E-state index contributed by atoms with van der Waals surface area (Å²) >= 11 is 7.07. The number of rotatable bonds is 6. The summed E-state index contributed by atoms with van der Waals surface area (Å²) in [5.74, 6) is 1.40. The van der Waals surface area contributed by atoms with Gasteiger partial charge in [-0.3, -0.25) is 9.69 Å². The van der Waals surface area contributed by atoms with Crippen molar-refractivity contribution in [1.82, 2.24) is 4.90 Å². The average Bonchev–Trinajstić information content (AvgIpc) is 2.86. The highest BCUT2D eigenvalue weighted by Crippen LogP contribution is 2.39. The first-order valence-electron chi connectivity index (χ1n) is 9.11. The van der Waals surface area contributed by atoms with E-state index in [9.17, 15) is 4.79 Å². The predicted molar refractivity (Wildman–Crippen MR) is 117 cm³/mol. The summed E-state index contributed by atoms with van der Waals surface area (Å²) in [7, 11) is -1.96. The molecule has 0 aliphatic carbocycles. The van der Waals surface area contributed by atoms with Crippen molar-refractivity contribution in [3.8, 4) is 0 Å². The Balaban J connectivity index is 2.99. The van der Waals surface area contributed by atoms with E-state index in [1.54, 1.807) is 11.8 Å². The molecule has 1 aliphatic heterocycles. The zero-order valence-corrected chi connectivity index (χ0v) is 19.9. The van der Waals surface area contributed by atoms with Crippen LogP contribution in [0, 0.1) is 5.92 Å². The molecule has 1 heterocycles. The van der Waals surface area contributed by atoms with E-state index in [2.05, 4.69) is 60.7 Å². The minimum Gasteiger partial charge on any atom is -0.410 e. The largest absolute Gasteiger partial charge is 0.410 e. The van der Waals surface area contributed by atoms with Gasteiger partial charge in [-0.2, -0.15) is 0 Å². The molecule has 0 bridgehead atoms. The van der Waals surface area contributed by atoms with Crippen LogP contribution in [0.25, 0.3) is 0 Å². The van der Waals surface area contributed by atoms with Crippen molar-refractivity contribution in [3.05, 3.63) is 11.6 Å². The van der Waals surface area contributed by atoms with Crippen LogP contribution < -0.4 is 0 Å². The SMILES string of the molecule is CC=C(C)[C@@H](CC(=O)N1C(=S)SC[C@@H]1C(C)C)O[Si](C)(C)C(C)(C)C. The first-order valence-corrected chi connectivity index (χ1v) is 13.4. The summed E-state index contributed by atoms with van der Waals surface area (Å²) < 4.78 is 7.30. The van der Waals surface area contributed by atoms with Crippen molar-refractivity contribution < 1.29 is 9.22 Å². The average molecular weight is 402 g/mol. The van der Waals surface area contributed by atoms with Crippen LogP contribution in [-0.2, 0) is 9.22 Å². The Morgan fingerprint density at radius 2 is 2.00 bits per heavy atom. The van der Waals surface area contributed by atoms with Crippen molar-refractivity contribution in [2.45, 2.75) is 85.2 Å². The van der Waals surface area contributed by atoms with Gasteiger partial charge in [-0.25, -0.2) is 0 Å². The quantitative estimate of drug-likeness (QED) is 0.328. The second-order valence-electron chi connectivity index (χ2n) is 8.76. The Bertz CT molecular complexity index is 538. The Kier molecular flexibility index (Phi) is 7.94. The van der Waals surface area contributed by atoms with E-state index >= 15 is 0 Å². The molecule has 1 aliphatic rings. The summed E-state index contributed by atoms with van der Waals surface area (Å²) in [6.45, 7) is 19.5. The van der Waals surface area contributed by atoms with Crippen LogP contribution in [0.1, 0.15) is 54.9 Å². The van der Waals surface area contributed by atoms with Gasteiger partial charge in [0.25, 0.3) is 0 Å². The molecule has 1 fully saturated rings. The van der Waals surface area contributed by atoms with Gasteiger partial charge >= 0.3 is 0 Å². The van der Waals surface area contributed by atoms with E-state index in [0.29, 0.717) is 16.7 Å². The topological polar surface area (TPSA) is 29.5 Å². The number of hydrogen-bond donors (Lipinski definition) is 0. The molecule has 2 atom stereocenters. The summed E-state index contributed by atoms with van der Waals surface area (Å²) in [5.41, 5.74) is 1.12. The van der Waals surface area contributed by atoms with Crippen LogP contribution in [0.5, 0.6) is 0 Å². The first kappa shape index (κ1) is 22.9. The maximum absolute atomic E-state index is 13.1. The van der Waals surface area contributed by atoms with E-state index in [0.717, 1.165) is 11.3 Å². The molecule has 144 valence electrons.